The van der Waals surface area contributed by atoms with E-state index in [2.05, 4.69) is 5.32 Å². The van der Waals surface area contributed by atoms with Crippen LogP contribution in [0.1, 0.15) is 54.8 Å². The molecule has 1 aliphatic rings. The zero-order valence-corrected chi connectivity index (χ0v) is 14.5. The number of hydrogen-bond donors (Lipinski definition) is 2. The Morgan fingerprint density at radius 2 is 1.83 bits per heavy atom. The highest BCUT2D eigenvalue weighted by Gasteiger charge is 2.22. The summed E-state index contributed by atoms with van der Waals surface area (Å²) in [5.74, 6) is -0.604. The largest absolute Gasteiger partial charge is 0.479 e. The Morgan fingerprint density at radius 3 is 2.42 bits per heavy atom. The van der Waals surface area contributed by atoms with E-state index in [0.717, 1.165) is 50.0 Å². The van der Waals surface area contributed by atoms with E-state index in [-0.39, 0.29) is 5.91 Å². The number of carbonyl (C=O) groups is 2. The maximum Gasteiger partial charge on any atom is 0.330 e. The van der Waals surface area contributed by atoms with Gasteiger partial charge in [0.1, 0.15) is 0 Å². The summed E-state index contributed by atoms with van der Waals surface area (Å²) < 4.78 is 5.33. The molecule has 1 aromatic rings. The fourth-order valence-electron chi connectivity index (χ4n) is 3.28. The van der Waals surface area contributed by atoms with Crippen LogP contribution in [0, 0.1) is 19.8 Å². The van der Waals surface area contributed by atoms with Crippen LogP contribution in [0.2, 0.25) is 0 Å². The second kappa shape index (κ2) is 8.83. The maximum absolute atomic E-state index is 12.1. The summed E-state index contributed by atoms with van der Waals surface area (Å²) in [4.78, 5) is 23.7. The average Bonchev–Trinajstić information content (AvgIpc) is 2.52. The minimum atomic E-state index is -1.03. The van der Waals surface area contributed by atoms with Crippen molar-refractivity contribution < 1.29 is 19.4 Å². The van der Waals surface area contributed by atoms with Gasteiger partial charge in [0.15, 0.2) is 6.04 Å². The topological polar surface area (TPSA) is 75.6 Å². The number of aryl methyl sites for hydroxylation is 2. The van der Waals surface area contributed by atoms with Gasteiger partial charge in [-0.1, -0.05) is 29.3 Å². The molecule has 1 heterocycles. The molecule has 0 aliphatic carbocycles. The van der Waals surface area contributed by atoms with Gasteiger partial charge in [0.2, 0.25) is 5.91 Å². The van der Waals surface area contributed by atoms with Crippen molar-refractivity contribution in [2.24, 2.45) is 5.92 Å². The van der Waals surface area contributed by atoms with Crippen LogP contribution in [0.4, 0.5) is 0 Å². The molecule has 132 valence electrons. The predicted molar refractivity (Wildman–Crippen MR) is 91.8 cm³/mol. The van der Waals surface area contributed by atoms with Gasteiger partial charge in [-0.25, -0.2) is 4.79 Å². The highest BCUT2D eigenvalue weighted by atomic mass is 16.5. The molecular weight excluding hydrogens is 306 g/mol. The van der Waals surface area contributed by atoms with Crippen molar-refractivity contribution in [1.29, 1.82) is 0 Å². The Labute approximate surface area is 143 Å². The molecule has 2 rings (SSSR count). The number of aliphatic carboxylic acids is 1. The number of benzene rings is 1. The molecule has 24 heavy (non-hydrogen) atoms. The second-order valence-corrected chi connectivity index (χ2v) is 6.71. The summed E-state index contributed by atoms with van der Waals surface area (Å²) in [5.41, 5.74) is 2.60. The highest BCUT2D eigenvalue weighted by molar-refractivity contribution is 5.84. The lowest BCUT2D eigenvalue weighted by molar-refractivity contribution is -0.142. The van der Waals surface area contributed by atoms with Crippen LogP contribution in [0.25, 0.3) is 0 Å². The van der Waals surface area contributed by atoms with Gasteiger partial charge >= 0.3 is 5.97 Å². The molecule has 1 amide bonds. The lowest BCUT2D eigenvalue weighted by atomic mass is 9.94. The Morgan fingerprint density at radius 1 is 1.21 bits per heavy atom. The molecule has 1 fully saturated rings. The van der Waals surface area contributed by atoms with E-state index in [0.29, 0.717) is 17.9 Å². The quantitative estimate of drug-likeness (QED) is 0.804. The molecule has 0 saturated carbocycles. The van der Waals surface area contributed by atoms with Crippen LogP contribution in [0.5, 0.6) is 0 Å². The number of carboxylic acids is 1. The Bertz CT molecular complexity index is 558. The molecular formula is C19H27NO4. The molecule has 0 spiro atoms. The van der Waals surface area contributed by atoms with E-state index in [1.54, 1.807) is 0 Å². The Hall–Kier alpha value is -1.88. The first-order valence-electron chi connectivity index (χ1n) is 8.64. The molecule has 1 unspecified atom stereocenters. The van der Waals surface area contributed by atoms with E-state index < -0.39 is 12.0 Å². The van der Waals surface area contributed by atoms with E-state index >= 15 is 0 Å². The standard InChI is InChI=1S/C19H27NO4/c1-13-10-14(2)12-16(11-13)18(19(22)23)20-17(21)5-3-4-15-6-8-24-9-7-15/h10-12,15,18H,3-9H2,1-2H3,(H,20,21)(H,22,23). The van der Waals surface area contributed by atoms with E-state index in [1.165, 1.54) is 0 Å². The van der Waals surface area contributed by atoms with E-state index in [4.69, 9.17) is 4.74 Å². The molecule has 0 radical (unpaired) electrons. The molecule has 1 aliphatic heterocycles. The fraction of sp³-hybridized carbons (Fsp3) is 0.579. The van der Waals surface area contributed by atoms with Gasteiger partial charge in [0.25, 0.3) is 0 Å². The van der Waals surface area contributed by atoms with Crippen molar-refractivity contribution >= 4 is 11.9 Å². The monoisotopic (exact) mass is 333 g/mol. The van der Waals surface area contributed by atoms with Crippen LogP contribution in [0.3, 0.4) is 0 Å². The Balaban J connectivity index is 1.87. The average molecular weight is 333 g/mol. The molecule has 2 N–H and O–H groups in total. The zero-order chi connectivity index (χ0) is 17.5. The van der Waals surface area contributed by atoms with Crippen LogP contribution >= 0.6 is 0 Å². The van der Waals surface area contributed by atoms with Crippen LogP contribution in [-0.2, 0) is 14.3 Å². The normalized spacial score (nSPS) is 16.6. The molecule has 0 aromatic heterocycles. The van der Waals surface area contributed by atoms with Crippen molar-refractivity contribution in [3.05, 3.63) is 34.9 Å². The van der Waals surface area contributed by atoms with Gasteiger partial charge in [-0.15, -0.1) is 0 Å². The lowest BCUT2D eigenvalue weighted by Crippen LogP contribution is -2.33. The summed E-state index contributed by atoms with van der Waals surface area (Å²) in [6, 6.07) is 4.62. The van der Waals surface area contributed by atoms with Gasteiger partial charge in [-0.2, -0.15) is 0 Å². The van der Waals surface area contributed by atoms with Gasteiger partial charge in [0.05, 0.1) is 0 Å². The van der Waals surface area contributed by atoms with E-state index in [1.807, 2.05) is 32.0 Å². The number of ether oxygens (including phenoxy) is 1. The first-order chi connectivity index (χ1) is 11.5. The van der Waals surface area contributed by atoms with Crippen LogP contribution < -0.4 is 5.32 Å². The third kappa shape index (κ3) is 5.64. The number of rotatable bonds is 7. The first kappa shape index (κ1) is 18.5. The smallest absolute Gasteiger partial charge is 0.330 e. The SMILES string of the molecule is Cc1cc(C)cc(C(NC(=O)CCCC2CCOCC2)C(=O)O)c1. The minimum absolute atomic E-state index is 0.200. The Kier molecular flexibility index (Phi) is 6.79. The number of amides is 1. The predicted octanol–water partition coefficient (Wildman–Crippen LogP) is 3.14. The maximum atomic E-state index is 12.1. The van der Waals surface area contributed by atoms with Gasteiger partial charge < -0.3 is 15.2 Å². The van der Waals surface area contributed by atoms with Crippen molar-refractivity contribution in [2.75, 3.05) is 13.2 Å². The lowest BCUT2D eigenvalue weighted by Gasteiger charge is -2.22. The summed E-state index contributed by atoms with van der Waals surface area (Å²) in [5, 5.41) is 12.1. The molecule has 0 bridgehead atoms. The van der Waals surface area contributed by atoms with Crippen molar-refractivity contribution in [3.8, 4) is 0 Å². The summed E-state index contributed by atoms with van der Waals surface area (Å²) in [6.45, 7) is 5.46. The number of carboxylic acid groups (broad SMARTS) is 1. The number of nitrogens with one attached hydrogen (secondary N) is 1. The van der Waals surface area contributed by atoms with Gasteiger partial charge in [-0.05, 0) is 51.0 Å². The van der Waals surface area contributed by atoms with Crippen LogP contribution in [-0.4, -0.2) is 30.2 Å². The third-order valence-electron chi connectivity index (χ3n) is 4.49. The van der Waals surface area contributed by atoms with Gasteiger partial charge in [0, 0.05) is 19.6 Å². The van der Waals surface area contributed by atoms with Crippen molar-refractivity contribution in [3.63, 3.8) is 0 Å². The third-order valence-corrected chi connectivity index (χ3v) is 4.49. The molecule has 5 nitrogen and oxygen atoms in total. The van der Waals surface area contributed by atoms with Gasteiger partial charge in [-0.3, -0.25) is 4.79 Å². The summed E-state index contributed by atoms with van der Waals surface area (Å²) >= 11 is 0. The first-order valence-corrected chi connectivity index (χ1v) is 8.64. The van der Waals surface area contributed by atoms with Crippen molar-refractivity contribution in [2.45, 2.75) is 52.0 Å². The zero-order valence-electron chi connectivity index (χ0n) is 14.5. The van der Waals surface area contributed by atoms with E-state index in [9.17, 15) is 14.7 Å². The summed E-state index contributed by atoms with van der Waals surface area (Å²) in [7, 11) is 0. The second-order valence-electron chi connectivity index (χ2n) is 6.71. The van der Waals surface area contributed by atoms with Crippen LogP contribution in [0.15, 0.2) is 18.2 Å². The highest BCUT2D eigenvalue weighted by Crippen LogP contribution is 2.21. The molecule has 5 heteroatoms. The molecule has 1 saturated heterocycles. The number of hydrogen-bond acceptors (Lipinski definition) is 3. The molecule has 1 aromatic carbocycles. The number of carbonyl (C=O) groups excluding carboxylic acids is 1. The fourth-order valence-corrected chi connectivity index (χ4v) is 3.28. The summed E-state index contributed by atoms with van der Waals surface area (Å²) in [6.07, 6.45) is 4.27. The van der Waals surface area contributed by atoms with Crippen molar-refractivity contribution in [1.82, 2.24) is 5.32 Å². The molecule has 1 atom stereocenters. The minimum Gasteiger partial charge on any atom is -0.479 e.